The van der Waals surface area contributed by atoms with E-state index in [4.69, 9.17) is 21.1 Å². The highest BCUT2D eigenvalue weighted by Gasteiger charge is 2.36. The molecule has 0 saturated carbocycles. The van der Waals surface area contributed by atoms with Crippen LogP contribution in [0.3, 0.4) is 0 Å². The number of nitrogens with one attached hydrogen (secondary N) is 2. The van der Waals surface area contributed by atoms with Crippen molar-refractivity contribution in [1.82, 2.24) is 10.6 Å². The minimum atomic E-state index is -4.47. The van der Waals surface area contributed by atoms with Crippen LogP contribution in [-0.2, 0) is 33.8 Å². The van der Waals surface area contributed by atoms with Crippen LogP contribution in [0.2, 0.25) is 0 Å². The topological polar surface area (TPSA) is 250 Å². The highest BCUT2D eigenvalue weighted by Crippen LogP contribution is 2.17. The number of hydrogen-bond acceptors (Lipinski definition) is 9. The average molecular weight is 658 g/mol. The molecule has 0 aromatic carbocycles. The van der Waals surface area contributed by atoms with Crippen LogP contribution in [0.4, 0.5) is 0 Å². The number of aliphatic hydroxyl groups is 1. The lowest BCUT2D eigenvalue weighted by molar-refractivity contribution is -0.138. The van der Waals surface area contributed by atoms with Crippen LogP contribution in [-0.4, -0.2) is 94.3 Å². The van der Waals surface area contributed by atoms with E-state index >= 15 is 0 Å². The fraction of sp³-hybridized carbons (Fsp3) is 0.567. The SMILES string of the molecule is CCCCC/C=C\C\C=C/C=C/C=C/[C@H]([C@@H](O)CCCC(=O)O)S(=O)(=O)C[C@H](NC(=O)[C@@H](N)CCC(=O)O)C(=O)NCC(=O)O. The Bertz CT molecular complexity index is 1180. The van der Waals surface area contributed by atoms with E-state index in [0.29, 0.717) is 6.42 Å². The molecular weight excluding hydrogens is 610 g/mol. The molecule has 0 saturated heterocycles. The lowest BCUT2D eigenvalue weighted by atomic mass is 10.1. The van der Waals surface area contributed by atoms with Crippen LogP contribution < -0.4 is 16.4 Å². The number of sulfone groups is 1. The number of aliphatic hydroxyl groups excluding tert-OH is 1. The van der Waals surface area contributed by atoms with Crippen molar-refractivity contribution in [3.05, 3.63) is 48.6 Å². The highest BCUT2D eigenvalue weighted by atomic mass is 32.2. The Labute approximate surface area is 264 Å². The van der Waals surface area contributed by atoms with Crippen LogP contribution in [0, 0.1) is 0 Å². The van der Waals surface area contributed by atoms with Gasteiger partial charge in [-0.1, -0.05) is 68.4 Å². The maximum Gasteiger partial charge on any atom is 0.322 e. The summed E-state index contributed by atoms with van der Waals surface area (Å²) in [4.78, 5) is 57.9. The molecule has 14 nitrogen and oxygen atoms in total. The Balaban J connectivity index is 5.88. The van der Waals surface area contributed by atoms with Crippen molar-refractivity contribution >= 4 is 39.6 Å². The third kappa shape index (κ3) is 20.7. The molecule has 0 bridgehead atoms. The smallest absolute Gasteiger partial charge is 0.322 e. The van der Waals surface area contributed by atoms with E-state index in [9.17, 15) is 37.5 Å². The number of carbonyl (C=O) groups excluding carboxylic acids is 2. The Kier molecular flexibility index (Phi) is 21.5. The number of unbranched alkanes of at least 4 members (excludes halogenated alkanes) is 3. The number of nitrogens with two attached hydrogens (primary N) is 1. The van der Waals surface area contributed by atoms with Gasteiger partial charge < -0.3 is 36.8 Å². The molecule has 15 heteroatoms. The zero-order valence-electron chi connectivity index (χ0n) is 25.5. The number of aliphatic carboxylic acids is 3. The molecule has 0 radical (unpaired) electrons. The Morgan fingerprint density at radius 1 is 0.800 bits per heavy atom. The third-order valence-electron chi connectivity index (χ3n) is 6.32. The van der Waals surface area contributed by atoms with Gasteiger partial charge in [-0.25, -0.2) is 8.42 Å². The van der Waals surface area contributed by atoms with E-state index in [-0.39, 0.29) is 25.7 Å². The summed E-state index contributed by atoms with van der Waals surface area (Å²) >= 11 is 0. The highest BCUT2D eigenvalue weighted by molar-refractivity contribution is 7.92. The maximum absolute atomic E-state index is 13.5. The Morgan fingerprint density at radius 2 is 1.47 bits per heavy atom. The van der Waals surface area contributed by atoms with E-state index in [2.05, 4.69) is 18.3 Å². The van der Waals surface area contributed by atoms with Gasteiger partial charge in [-0.15, -0.1) is 0 Å². The summed E-state index contributed by atoms with van der Waals surface area (Å²) in [5.74, 6) is -7.08. The molecule has 45 heavy (non-hydrogen) atoms. The molecule has 4 atom stereocenters. The zero-order chi connectivity index (χ0) is 34.3. The van der Waals surface area contributed by atoms with Gasteiger partial charge in [0.1, 0.15) is 17.8 Å². The van der Waals surface area contributed by atoms with Gasteiger partial charge in [-0.2, -0.15) is 0 Å². The number of carboxylic acid groups (broad SMARTS) is 3. The summed E-state index contributed by atoms with van der Waals surface area (Å²) in [6, 6.07) is -3.25. The van der Waals surface area contributed by atoms with Crippen molar-refractivity contribution in [2.75, 3.05) is 12.3 Å². The van der Waals surface area contributed by atoms with E-state index in [0.717, 1.165) is 19.3 Å². The number of carboxylic acids is 3. The fourth-order valence-electron chi connectivity index (χ4n) is 3.88. The molecule has 0 rings (SSSR count). The zero-order valence-corrected chi connectivity index (χ0v) is 26.4. The van der Waals surface area contributed by atoms with Crippen molar-refractivity contribution < 1.29 is 52.8 Å². The van der Waals surface area contributed by atoms with Crippen molar-refractivity contribution in [3.8, 4) is 0 Å². The molecule has 2 amide bonds. The van der Waals surface area contributed by atoms with E-state index in [1.807, 2.05) is 17.5 Å². The predicted molar refractivity (Wildman–Crippen MR) is 168 cm³/mol. The molecule has 0 fully saturated rings. The average Bonchev–Trinajstić information content (AvgIpc) is 2.95. The lowest BCUT2D eigenvalue weighted by Crippen LogP contribution is -2.55. The van der Waals surface area contributed by atoms with Crippen LogP contribution in [0.5, 0.6) is 0 Å². The van der Waals surface area contributed by atoms with Gasteiger partial charge in [0.2, 0.25) is 11.8 Å². The molecule has 0 spiro atoms. The molecule has 254 valence electrons. The number of amides is 2. The molecule has 0 aliphatic carbocycles. The van der Waals surface area contributed by atoms with Crippen molar-refractivity contribution in [2.45, 2.75) is 94.6 Å². The maximum atomic E-state index is 13.5. The molecule has 0 aliphatic heterocycles. The van der Waals surface area contributed by atoms with E-state index in [1.54, 1.807) is 12.2 Å². The largest absolute Gasteiger partial charge is 0.481 e. The normalized spacial score (nSPS) is 14.9. The van der Waals surface area contributed by atoms with Crippen molar-refractivity contribution in [3.63, 3.8) is 0 Å². The lowest BCUT2D eigenvalue weighted by Gasteiger charge is -2.24. The Morgan fingerprint density at radius 3 is 2.09 bits per heavy atom. The second-order valence-corrected chi connectivity index (χ2v) is 12.5. The molecule has 0 unspecified atom stereocenters. The van der Waals surface area contributed by atoms with Gasteiger partial charge in [0.15, 0.2) is 9.84 Å². The minimum Gasteiger partial charge on any atom is -0.481 e. The van der Waals surface area contributed by atoms with Gasteiger partial charge >= 0.3 is 17.9 Å². The van der Waals surface area contributed by atoms with E-state index in [1.165, 1.54) is 24.6 Å². The van der Waals surface area contributed by atoms with Crippen LogP contribution in [0.1, 0.15) is 71.1 Å². The molecule has 0 aromatic heterocycles. The predicted octanol–water partition coefficient (Wildman–Crippen LogP) is 1.46. The first-order chi connectivity index (χ1) is 21.2. The van der Waals surface area contributed by atoms with Crippen LogP contribution in [0.15, 0.2) is 48.6 Å². The van der Waals surface area contributed by atoms with Gasteiger partial charge in [-0.05, 0) is 38.5 Å². The van der Waals surface area contributed by atoms with Crippen LogP contribution >= 0.6 is 0 Å². The Hall–Kier alpha value is -3.82. The first kappa shape index (κ1) is 41.2. The first-order valence-electron chi connectivity index (χ1n) is 14.7. The molecule has 0 aliphatic rings. The molecule has 0 heterocycles. The van der Waals surface area contributed by atoms with Gasteiger partial charge in [0.25, 0.3) is 0 Å². The van der Waals surface area contributed by atoms with Crippen molar-refractivity contribution in [2.24, 2.45) is 5.73 Å². The summed E-state index contributed by atoms with van der Waals surface area (Å²) < 4.78 is 27.0. The molecule has 0 aromatic rings. The van der Waals surface area contributed by atoms with Gasteiger partial charge in [0, 0.05) is 12.8 Å². The van der Waals surface area contributed by atoms with Gasteiger partial charge in [0.05, 0.1) is 17.9 Å². The van der Waals surface area contributed by atoms with Crippen molar-refractivity contribution in [1.29, 1.82) is 0 Å². The first-order valence-corrected chi connectivity index (χ1v) is 16.5. The number of rotatable bonds is 25. The monoisotopic (exact) mass is 657 g/mol. The quantitative estimate of drug-likeness (QED) is 0.0419. The number of hydrogen-bond donors (Lipinski definition) is 7. The second-order valence-electron chi connectivity index (χ2n) is 10.3. The summed E-state index contributed by atoms with van der Waals surface area (Å²) in [6.07, 6.45) is 15.7. The van der Waals surface area contributed by atoms with Crippen LogP contribution in [0.25, 0.3) is 0 Å². The molecule has 8 N–H and O–H groups in total. The summed E-state index contributed by atoms with van der Waals surface area (Å²) in [5, 5.41) is 39.9. The van der Waals surface area contributed by atoms with E-state index < -0.39 is 81.7 Å². The third-order valence-corrected chi connectivity index (χ3v) is 8.42. The second kappa shape index (κ2) is 23.5. The standard InChI is InChI=1S/C30H47N3O11S/c1-2-3-4-5-6-7-8-9-10-11-12-13-16-25(24(34)15-14-17-26(35)36)45(43,44)21-23(30(42)32-20-28(39)40)33-29(41)22(31)18-19-27(37)38/h6-7,9-13,16,22-25,34H,2-5,8,14-15,17-21,31H2,1H3,(H,32,42)(H,33,41)(H,35,36)(H,37,38)(H,39,40)/b7-6-,10-9-,12-11+,16-13+/t22-,23-,24-,25+/m0/s1. The minimum absolute atomic E-state index is 0.0431. The van der Waals surface area contributed by atoms with Gasteiger partial charge in [-0.3, -0.25) is 24.0 Å². The summed E-state index contributed by atoms with van der Waals surface area (Å²) in [6.45, 7) is 1.25. The number of allylic oxidation sites excluding steroid dienone is 7. The number of carbonyl (C=O) groups is 5. The summed E-state index contributed by atoms with van der Waals surface area (Å²) in [7, 11) is -4.47. The fourth-order valence-corrected chi connectivity index (χ4v) is 5.75. The molecular formula is C30H47N3O11S. The summed E-state index contributed by atoms with van der Waals surface area (Å²) in [5.41, 5.74) is 5.68.